The Morgan fingerprint density at radius 2 is 1.55 bits per heavy atom. The van der Waals surface area contributed by atoms with Gasteiger partial charge in [0.1, 0.15) is 0 Å². The maximum Gasteiger partial charge on any atom is 0.261 e. The van der Waals surface area contributed by atoms with Gasteiger partial charge >= 0.3 is 0 Å². The third-order valence-corrected chi connectivity index (χ3v) is 5.39. The average molecular weight is 421 g/mol. The quantitative estimate of drug-likeness (QED) is 0.409. The minimum absolute atomic E-state index is 0.115. The Morgan fingerprint density at radius 1 is 0.862 bits per heavy atom. The maximum atomic E-state index is 13.0. The van der Waals surface area contributed by atoms with E-state index in [-0.39, 0.29) is 5.56 Å². The van der Waals surface area contributed by atoms with E-state index in [1.165, 1.54) is 0 Å². The van der Waals surface area contributed by atoms with Crippen LogP contribution in [0.3, 0.4) is 0 Å². The Morgan fingerprint density at radius 3 is 2.28 bits per heavy atom. The molecule has 3 heterocycles. The smallest absolute Gasteiger partial charge is 0.261 e. The molecule has 0 atom stereocenters. The van der Waals surface area contributed by atoms with Gasteiger partial charge in [-0.1, -0.05) is 47.5 Å². The monoisotopic (exact) mass is 420 g/mol. The summed E-state index contributed by atoms with van der Waals surface area (Å²) in [5.74, 6) is 0. The van der Waals surface area contributed by atoms with Gasteiger partial charge in [-0.15, -0.1) is 0 Å². The van der Waals surface area contributed by atoms with Gasteiger partial charge in [0.05, 0.1) is 23.6 Å². The molecule has 5 rings (SSSR count). The lowest BCUT2D eigenvalue weighted by atomic mass is 10.1. The summed E-state index contributed by atoms with van der Waals surface area (Å²) in [6.07, 6.45) is 5.15. The molecule has 0 amide bonds. The number of pyridine rings is 1. The average Bonchev–Trinajstić information content (AvgIpc) is 3.17. The standard InChI is InChI=1S/C22H14Cl2N4O/c23-16-5-1-14(2-6-16)13-27-10-9-20-19(22(27)29)11-25-21-18(12-26-28(20)21)15-3-7-17(24)8-4-15/h1-12H,13H2. The summed E-state index contributed by atoms with van der Waals surface area (Å²) in [4.78, 5) is 17.5. The second-order valence-electron chi connectivity index (χ2n) is 6.73. The van der Waals surface area contributed by atoms with E-state index in [1.54, 1.807) is 27.7 Å². The zero-order chi connectivity index (χ0) is 20.0. The van der Waals surface area contributed by atoms with E-state index in [0.717, 1.165) is 16.7 Å². The Labute approximate surface area is 175 Å². The van der Waals surface area contributed by atoms with Gasteiger partial charge in [0.15, 0.2) is 5.65 Å². The third-order valence-electron chi connectivity index (χ3n) is 4.89. The van der Waals surface area contributed by atoms with Crippen LogP contribution in [0.15, 0.2) is 78.0 Å². The van der Waals surface area contributed by atoms with Crippen LogP contribution in [0.4, 0.5) is 0 Å². The summed E-state index contributed by atoms with van der Waals surface area (Å²) in [6, 6.07) is 16.9. The van der Waals surface area contributed by atoms with E-state index in [9.17, 15) is 4.79 Å². The molecule has 29 heavy (non-hydrogen) atoms. The van der Waals surface area contributed by atoms with Crippen molar-refractivity contribution in [1.82, 2.24) is 19.2 Å². The number of benzene rings is 2. The van der Waals surface area contributed by atoms with Crippen molar-refractivity contribution in [2.45, 2.75) is 6.54 Å². The van der Waals surface area contributed by atoms with E-state index in [0.29, 0.717) is 33.1 Å². The molecule has 2 aromatic carbocycles. The first-order valence-corrected chi connectivity index (χ1v) is 9.72. The minimum atomic E-state index is -0.115. The number of aromatic nitrogens is 4. The van der Waals surface area contributed by atoms with Crippen LogP contribution in [0.5, 0.6) is 0 Å². The minimum Gasteiger partial charge on any atom is -0.310 e. The van der Waals surface area contributed by atoms with Crippen molar-refractivity contribution in [2.24, 2.45) is 0 Å². The number of nitrogens with zero attached hydrogens (tertiary/aromatic N) is 4. The second-order valence-corrected chi connectivity index (χ2v) is 7.61. The third kappa shape index (κ3) is 3.18. The fraction of sp³-hybridized carbons (Fsp3) is 0.0455. The molecular formula is C22H14Cl2N4O. The van der Waals surface area contributed by atoms with Gasteiger partial charge in [0.2, 0.25) is 0 Å². The van der Waals surface area contributed by atoms with Gasteiger partial charge in [-0.3, -0.25) is 4.79 Å². The first-order chi connectivity index (χ1) is 14.1. The Hall–Kier alpha value is -3.15. The second kappa shape index (κ2) is 7.03. The molecule has 5 aromatic rings. The highest BCUT2D eigenvalue weighted by atomic mass is 35.5. The van der Waals surface area contributed by atoms with Crippen molar-refractivity contribution in [1.29, 1.82) is 0 Å². The van der Waals surface area contributed by atoms with E-state index in [2.05, 4.69) is 10.1 Å². The molecular weight excluding hydrogens is 407 g/mol. The van der Waals surface area contributed by atoms with Crippen LogP contribution in [-0.4, -0.2) is 19.2 Å². The van der Waals surface area contributed by atoms with Crippen molar-refractivity contribution in [3.8, 4) is 11.1 Å². The lowest BCUT2D eigenvalue weighted by molar-refractivity contribution is 0.765. The molecule has 0 fully saturated rings. The summed E-state index contributed by atoms with van der Waals surface area (Å²) in [5, 5.41) is 6.32. The molecule has 0 saturated carbocycles. The fourth-order valence-electron chi connectivity index (χ4n) is 3.40. The number of halogens is 2. The first-order valence-electron chi connectivity index (χ1n) is 8.96. The number of hydrogen-bond donors (Lipinski definition) is 0. The van der Waals surface area contributed by atoms with Crippen molar-refractivity contribution in [3.63, 3.8) is 0 Å². The van der Waals surface area contributed by atoms with Crippen LogP contribution in [-0.2, 0) is 6.54 Å². The van der Waals surface area contributed by atoms with Crippen LogP contribution in [0.1, 0.15) is 5.56 Å². The normalized spacial score (nSPS) is 11.4. The van der Waals surface area contributed by atoms with E-state index in [1.807, 2.05) is 54.6 Å². The summed E-state index contributed by atoms with van der Waals surface area (Å²) in [6.45, 7) is 0.457. The molecule has 0 radical (unpaired) electrons. The van der Waals surface area contributed by atoms with Crippen molar-refractivity contribution < 1.29 is 0 Å². The SMILES string of the molecule is O=c1c2cnc3c(-c4ccc(Cl)cc4)cnn3c2ccn1Cc1ccc(Cl)cc1. The van der Waals surface area contributed by atoms with Crippen LogP contribution >= 0.6 is 23.2 Å². The highest BCUT2D eigenvalue weighted by Gasteiger charge is 2.13. The number of rotatable bonds is 3. The Balaban J connectivity index is 1.61. The molecule has 5 nitrogen and oxygen atoms in total. The van der Waals surface area contributed by atoms with Crippen LogP contribution in [0.25, 0.3) is 27.7 Å². The molecule has 0 aliphatic heterocycles. The van der Waals surface area contributed by atoms with Gasteiger partial charge in [-0.2, -0.15) is 5.10 Å². The predicted octanol–water partition coefficient (Wildman–Crippen LogP) is 5.07. The molecule has 142 valence electrons. The molecule has 3 aromatic heterocycles. The zero-order valence-corrected chi connectivity index (χ0v) is 16.6. The molecule has 0 unspecified atom stereocenters. The van der Waals surface area contributed by atoms with Gasteiger partial charge in [-0.25, -0.2) is 9.50 Å². The van der Waals surface area contributed by atoms with Gasteiger partial charge in [0, 0.05) is 28.0 Å². The summed E-state index contributed by atoms with van der Waals surface area (Å²) < 4.78 is 3.36. The lowest BCUT2D eigenvalue weighted by Crippen LogP contribution is -2.21. The van der Waals surface area contributed by atoms with E-state index in [4.69, 9.17) is 23.2 Å². The largest absolute Gasteiger partial charge is 0.310 e. The molecule has 0 N–H and O–H groups in total. The van der Waals surface area contributed by atoms with Crippen LogP contribution in [0.2, 0.25) is 10.0 Å². The van der Waals surface area contributed by atoms with Crippen molar-refractivity contribution in [2.75, 3.05) is 0 Å². The topological polar surface area (TPSA) is 52.2 Å². The molecule has 7 heteroatoms. The molecule has 0 saturated heterocycles. The summed E-state index contributed by atoms with van der Waals surface area (Å²) in [7, 11) is 0. The van der Waals surface area contributed by atoms with Crippen LogP contribution in [0, 0.1) is 0 Å². The number of hydrogen-bond acceptors (Lipinski definition) is 3. The molecule has 0 spiro atoms. The predicted molar refractivity (Wildman–Crippen MR) is 116 cm³/mol. The zero-order valence-electron chi connectivity index (χ0n) is 15.1. The fourth-order valence-corrected chi connectivity index (χ4v) is 3.65. The highest BCUT2D eigenvalue weighted by Crippen LogP contribution is 2.26. The van der Waals surface area contributed by atoms with Crippen molar-refractivity contribution in [3.05, 3.63) is 99.2 Å². The van der Waals surface area contributed by atoms with Gasteiger partial charge in [-0.05, 0) is 41.5 Å². The molecule has 0 aliphatic carbocycles. The first kappa shape index (κ1) is 17.9. The highest BCUT2D eigenvalue weighted by molar-refractivity contribution is 6.30. The maximum absolute atomic E-state index is 13.0. The number of fused-ring (bicyclic) bond motifs is 3. The van der Waals surface area contributed by atoms with Crippen molar-refractivity contribution >= 4 is 39.8 Å². The lowest BCUT2D eigenvalue weighted by Gasteiger charge is -2.08. The summed E-state index contributed by atoms with van der Waals surface area (Å²) >= 11 is 11.9. The van der Waals surface area contributed by atoms with E-state index < -0.39 is 0 Å². The Kier molecular flexibility index (Phi) is 4.34. The van der Waals surface area contributed by atoms with Crippen LogP contribution < -0.4 is 5.56 Å². The molecule has 0 aliphatic rings. The van der Waals surface area contributed by atoms with Gasteiger partial charge < -0.3 is 4.57 Å². The summed E-state index contributed by atoms with van der Waals surface area (Å²) in [5.41, 5.74) is 4.13. The van der Waals surface area contributed by atoms with E-state index >= 15 is 0 Å². The Bertz CT molecular complexity index is 1400. The van der Waals surface area contributed by atoms with Gasteiger partial charge in [0.25, 0.3) is 5.56 Å². The molecule has 0 bridgehead atoms.